The first-order chi connectivity index (χ1) is 11.6. The van der Waals surface area contributed by atoms with E-state index in [1.807, 2.05) is 30.3 Å². The maximum Gasteiger partial charge on any atom is 0.339 e. The van der Waals surface area contributed by atoms with Crippen LogP contribution in [0.25, 0.3) is 11.1 Å². The number of benzene rings is 2. The van der Waals surface area contributed by atoms with Crippen LogP contribution in [0, 0.1) is 0 Å². The highest BCUT2D eigenvalue weighted by Gasteiger charge is 2.15. The summed E-state index contributed by atoms with van der Waals surface area (Å²) in [4.78, 5) is 15.3. The number of aromatic nitrogens is 1. The van der Waals surface area contributed by atoms with E-state index in [1.54, 1.807) is 18.2 Å². The standard InChI is InChI=1S/C18H12Cl2N2O2/c19-14-9-12(11-5-2-1-3-6-11)10-15(20)16(14)22-17-13(18(23)24)7-4-8-21-17/h1-10H,(H,21,22)(H,23,24). The van der Waals surface area contributed by atoms with Crippen molar-refractivity contribution in [1.82, 2.24) is 4.98 Å². The zero-order valence-electron chi connectivity index (χ0n) is 12.3. The summed E-state index contributed by atoms with van der Waals surface area (Å²) in [7, 11) is 0. The van der Waals surface area contributed by atoms with Crippen LogP contribution in [0.2, 0.25) is 10.0 Å². The molecule has 0 bridgehead atoms. The Labute approximate surface area is 148 Å². The van der Waals surface area contributed by atoms with Gasteiger partial charge in [-0.2, -0.15) is 0 Å². The molecule has 2 aromatic carbocycles. The van der Waals surface area contributed by atoms with E-state index >= 15 is 0 Å². The predicted molar refractivity (Wildman–Crippen MR) is 96.4 cm³/mol. The molecule has 4 nitrogen and oxygen atoms in total. The lowest BCUT2D eigenvalue weighted by Gasteiger charge is -2.13. The van der Waals surface area contributed by atoms with E-state index in [-0.39, 0.29) is 11.4 Å². The van der Waals surface area contributed by atoms with Gasteiger partial charge in [-0.15, -0.1) is 0 Å². The monoisotopic (exact) mass is 358 g/mol. The number of hydrogen-bond donors (Lipinski definition) is 2. The van der Waals surface area contributed by atoms with E-state index in [1.165, 1.54) is 12.3 Å². The van der Waals surface area contributed by atoms with Crippen molar-refractivity contribution in [3.8, 4) is 11.1 Å². The van der Waals surface area contributed by atoms with Gasteiger partial charge in [0.2, 0.25) is 0 Å². The first-order valence-corrected chi connectivity index (χ1v) is 7.81. The van der Waals surface area contributed by atoms with Crippen LogP contribution in [0.1, 0.15) is 10.4 Å². The molecule has 0 amide bonds. The van der Waals surface area contributed by atoms with Gasteiger partial charge in [0.15, 0.2) is 0 Å². The van der Waals surface area contributed by atoms with Crippen LogP contribution >= 0.6 is 23.2 Å². The minimum Gasteiger partial charge on any atom is -0.478 e. The zero-order chi connectivity index (χ0) is 17.1. The van der Waals surface area contributed by atoms with Crippen molar-refractivity contribution < 1.29 is 9.90 Å². The molecule has 1 aromatic heterocycles. The van der Waals surface area contributed by atoms with E-state index in [9.17, 15) is 9.90 Å². The van der Waals surface area contributed by atoms with Crippen molar-refractivity contribution in [3.63, 3.8) is 0 Å². The number of pyridine rings is 1. The number of carbonyl (C=O) groups is 1. The molecule has 120 valence electrons. The number of hydrogen-bond acceptors (Lipinski definition) is 3. The Morgan fingerprint density at radius 3 is 2.25 bits per heavy atom. The molecule has 0 saturated heterocycles. The molecule has 0 atom stereocenters. The summed E-state index contributed by atoms with van der Waals surface area (Å²) in [5.74, 6) is -0.903. The Kier molecular flexibility index (Phi) is 4.69. The molecule has 0 unspecified atom stereocenters. The summed E-state index contributed by atoms with van der Waals surface area (Å²) in [5.41, 5.74) is 2.31. The van der Waals surface area contributed by atoms with Gasteiger partial charge in [0.25, 0.3) is 0 Å². The quantitative estimate of drug-likeness (QED) is 0.646. The van der Waals surface area contributed by atoms with Crippen LogP contribution in [-0.2, 0) is 0 Å². The molecule has 2 N–H and O–H groups in total. The van der Waals surface area contributed by atoms with Crippen molar-refractivity contribution in [2.24, 2.45) is 0 Å². The molecule has 0 spiro atoms. The van der Waals surface area contributed by atoms with Gasteiger partial charge < -0.3 is 10.4 Å². The second-order valence-corrected chi connectivity index (χ2v) is 5.83. The van der Waals surface area contributed by atoms with Gasteiger partial charge in [0.1, 0.15) is 11.4 Å². The molecule has 0 radical (unpaired) electrons. The molecule has 24 heavy (non-hydrogen) atoms. The van der Waals surface area contributed by atoms with Crippen molar-refractivity contribution >= 4 is 40.7 Å². The van der Waals surface area contributed by atoms with Crippen LogP contribution in [0.4, 0.5) is 11.5 Å². The summed E-state index contributed by atoms with van der Waals surface area (Å²) in [6, 6.07) is 16.2. The van der Waals surface area contributed by atoms with Gasteiger partial charge in [-0.25, -0.2) is 9.78 Å². The Balaban J connectivity index is 2.00. The van der Waals surface area contributed by atoms with E-state index in [0.717, 1.165) is 11.1 Å². The predicted octanol–water partition coefficient (Wildman–Crippen LogP) is 5.50. The SMILES string of the molecule is O=C(O)c1cccnc1Nc1c(Cl)cc(-c2ccccc2)cc1Cl. The van der Waals surface area contributed by atoms with Crippen molar-refractivity contribution in [2.75, 3.05) is 5.32 Å². The molecule has 1 heterocycles. The smallest absolute Gasteiger partial charge is 0.339 e. The number of rotatable bonds is 4. The number of aromatic carboxylic acids is 1. The van der Waals surface area contributed by atoms with E-state index in [4.69, 9.17) is 23.2 Å². The average Bonchev–Trinajstić information content (AvgIpc) is 2.59. The van der Waals surface area contributed by atoms with E-state index in [0.29, 0.717) is 15.7 Å². The van der Waals surface area contributed by atoms with Crippen LogP contribution in [0.3, 0.4) is 0 Å². The molecular formula is C18H12Cl2N2O2. The lowest BCUT2D eigenvalue weighted by molar-refractivity contribution is 0.0697. The molecule has 0 saturated carbocycles. The first-order valence-electron chi connectivity index (χ1n) is 7.06. The lowest BCUT2D eigenvalue weighted by Crippen LogP contribution is -2.05. The fourth-order valence-electron chi connectivity index (χ4n) is 2.29. The third-order valence-corrected chi connectivity index (χ3v) is 4.03. The van der Waals surface area contributed by atoms with Crippen molar-refractivity contribution in [3.05, 3.63) is 76.4 Å². The summed E-state index contributed by atoms with van der Waals surface area (Å²) >= 11 is 12.7. The summed E-state index contributed by atoms with van der Waals surface area (Å²) in [5, 5.41) is 12.9. The van der Waals surface area contributed by atoms with Crippen LogP contribution in [0.5, 0.6) is 0 Å². The number of nitrogens with zero attached hydrogens (tertiary/aromatic N) is 1. The Hall–Kier alpha value is -2.56. The Morgan fingerprint density at radius 1 is 0.958 bits per heavy atom. The first kappa shape index (κ1) is 16.3. The Morgan fingerprint density at radius 2 is 1.62 bits per heavy atom. The third-order valence-electron chi connectivity index (χ3n) is 3.43. The Bertz CT molecular complexity index is 876. The molecule has 0 aliphatic carbocycles. The molecule has 0 aliphatic heterocycles. The van der Waals surface area contributed by atoms with Gasteiger partial charge >= 0.3 is 5.97 Å². The van der Waals surface area contributed by atoms with Gasteiger partial charge in [0.05, 0.1) is 15.7 Å². The normalized spacial score (nSPS) is 10.4. The van der Waals surface area contributed by atoms with Gasteiger partial charge in [-0.3, -0.25) is 0 Å². The molecule has 3 aromatic rings. The van der Waals surface area contributed by atoms with Gasteiger partial charge in [-0.1, -0.05) is 53.5 Å². The highest BCUT2D eigenvalue weighted by Crippen LogP contribution is 2.37. The van der Waals surface area contributed by atoms with Crippen LogP contribution in [-0.4, -0.2) is 16.1 Å². The van der Waals surface area contributed by atoms with Gasteiger partial charge in [0, 0.05) is 6.20 Å². The second kappa shape index (κ2) is 6.91. The second-order valence-electron chi connectivity index (χ2n) is 5.01. The minimum atomic E-state index is -1.08. The van der Waals surface area contributed by atoms with Crippen LogP contribution < -0.4 is 5.32 Å². The van der Waals surface area contributed by atoms with Crippen molar-refractivity contribution in [1.29, 1.82) is 0 Å². The molecule has 6 heteroatoms. The fraction of sp³-hybridized carbons (Fsp3) is 0. The molecule has 3 rings (SSSR count). The minimum absolute atomic E-state index is 0.0387. The van der Waals surface area contributed by atoms with E-state index < -0.39 is 5.97 Å². The van der Waals surface area contributed by atoms with Crippen LogP contribution in [0.15, 0.2) is 60.8 Å². The summed E-state index contributed by atoms with van der Waals surface area (Å²) in [6.45, 7) is 0. The number of carboxylic acids is 1. The average molecular weight is 359 g/mol. The van der Waals surface area contributed by atoms with Gasteiger partial charge in [-0.05, 0) is 35.4 Å². The maximum absolute atomic E-state index is 11.3. The summed E-state index contributed by atoms with van der Waals surface area (Å²) in [6.07, 6.45) is 1.49. The highest BCUT2D eigenvalue weighted by atomic mass is 35.5. The molecule has 0 fully saturated rings. The number of anilines is 2. The largest absolute Gasteiger partial charge is 0.478 e. The number of carboxylic acid groups (broad SMARTS) is 1. The summed E-state index contributed by atoms with van der Waals surface area (Å²) < 4.78 is 0. The third kappa shape index (κ3) is 3.35. The highest BCUT2D eigenvalue weighted by molar-refractivity contribution is 6.39. The van der Waals surface area contributed by atoms with E-state index in [2.05, 4.69) is 10.3 Å². The maximum atomic E-state index is 11.3. The zero-order valence-corrected chi connectivity index (χ0v) is 13.8. The van der Waals surface area contributed by atoms with Crippen molar-refractivity contribution in [2.45, 2.75) is 0 Å². The molecular weight excluding hydrogens is 347 g/mol. The number of nitrogens with one attached hydrogen (secondary N) is 1. The number of halogens is 2. The topological polar surface area (TPSA) is 62.2 Å². The molecule has 0 aliphatic rings. The fourth-order valence-corrected chi connectivity index (χ4v) is 2.87. The lowest BCUT2D eigenvalue weighted by atomic mass is 10.1.